The molecule has 148 valence electrons. The molecule has 0 aliphatic heterocycles. The molecule has 0 aromatic heterocycles. The maximum atomic E-state index is 12.8. The van der Waals surface area contributed by atoms with E-state index >= 15 is 0 Å². The van der Waals surface area contributed by atoms with Crippen molar-refractivity contribution >= 4 is 17.7 Å². The normalized spacial score (nSPS) is 27.7. The van der Waals surface area contributed by atoms with Gasteiger partial charge in [-0.3, -0.25) is 14.4 Å². The number of aliphatic hydroxyl groups is 1. The number of rotatable bonds is 6. The first-order chi connectivity index (χ1) is 12.8. The summed E-state index contributed by atoms with van der Waals surface area (Å²) in [4.78, 5) is 38.1. The molecule has 0 heterocycles. The molecular weight excluding hydrogens is 352 g/mol. The number of carbonyl (C=O) groups excluding carboxylic acids is 3. The smallest absolute Gasteiger partial charge is 0.317 e. The van der Waals surface area contributed by atoms with Gasteiger partial charge in [-0.25, -0.2) is 0 Å². The number of esters is 2. The van der Waals surface area contributed by atoms with Crippen LogP contribution in [0.2, 0.25) is 0 Å². The van der Waals surface area contributed by atoms with E-state index in [2.05, 4.69) is 0 Å². The molecule has 1 aromatic carbocycles. The highest BCUT2D eigenvalue weighted by atomic mass is 16.5. The summed E-state index contributed by atoms with van der Waals surface area (Å²) >= 11 is 0. The molecule has 0 unspecified atom stereocenters. The van der Waals surface area contributed by atoms with Crippen LogP contribution in [0.3, 0.4) is 0 Å². The van der Waals surface area contributed by atoms with Crippen LogP contribution in [0.5, 0.6) is 5.75 Å². The van der Waals surface area contributed by atoms with E-state index in [0.29, 0.717) is 11.3 Å². The average molecular weight is 378 g/mol. The van der Waals surface area contributed by atoms with E-state index in [-0.39, 0.29) is 19.6 Å². The molecule has 1 saturated carbocycles. The third-order valence-electron chi connectivity index (χ3n) is 4.85. The molecule has 7 heteroatoms. The lowest BCUT2D eigenvalue weighted by Gasteiger charge is -2.43. The van der Waals surface area contributed by atoms with Crippen molar-refractivity contribution in [1.29, 1.82) is 0 Å². The number of para-hydroxylation sites is 1. The van der Waals surface area contributed by atoms with Crippen molar-refractivity contribution in [3.05, 3.63) is 29.8 Å². The van der Waals surface area contributed by atoms with Crippen LogP contribution in [0.15, 0.2) is 24.3 Å². The molecule has 1 fully saturated rings. The van der Waals surface area contributed by atoms with Gasteiger partial charge in [-0.1, -0.05) is 18.2 Å². The second kappa shape index (κ2) is 8.52. The van der Waals surface area contributed by atoms with Gasteiger partial charge in [-0.2, -0.15) is 0 Å². The predicted molar refractivity (Wildman–Crippen MR) is 96.2 cm³/mol. The monoisotopic (exact) mass is 378 g/mol. The molecule has 1 aliphatic carbocycles. The number of benzene rings is 1. The minimum absolute atomic E-state index is 0.0989. The molecular formula is C20H26O7. The van der Waals surface area contributed by atoms with Gasteiger partial charge in [-0.15, -0.1) is 0 Å². The lowest BCUT2D eigenvalue weighted by molar-refractivity contribution is -0.172. The molecule has 0 saturated heterocycles. The number of hydrogen-bond donors (Lipinski definition) is 1. The van der Waals surface area contributed by atoms with E-state index < -0.39 is 41.1 Å². The Labute approximate surface area is 158 Å². The molecule has 0 bridgehead atoms. The van der Waals surface area contributed by atoms with E-state index in [1.54, 1.807) is 38.1 Å². The maximum Gasteiger partial charge on any atom is 0.317 e. The molecule has 1 N–H and O–H groups in total. The second-order valence-corrected chi connectivity index (χ2v) is 6.73. The van der Waals surface area contributed by atoms with Crippen molar-refractivity contribution in [2.45, 2.75) is 38.7 Å². The van der Waals surface area contributed by atoms with Gasteiger partial charge in [0, 0.05) is 12.3 Å². The molecule has 2 rings (SSSR count). The lowest BCUT2D eigenvalue weighted by atomic mass is 9.61. The minimum Gasteiger partial charge on any atom is -0.496 e. The topological polar surface area (TPSA) is 99.1 Å². The third-order valence-corrected chi connectivity index (χ3v) is 4.85. The van der Waals surface area contributed by atoms with Gasteiger partial charge >= 0.3 is 11.9 Å². The lowest BCUT2D eigenvalue weighted by Crippen LogP contribution is -2.55. The Morgan fingerprint density at radius 1 is 1.15 bits per heavy atom. The number of ether oxygens (including phenoxy) is 3. The summed E-state index contributed by atoms with van der Waals surface area (Å²) in [6, 6.07) is 6.81. The molecule has 0 amide bonds. The number of Topliss-reactive ketones (excluding diaryl/α,β-unsaturated/α-hetero) is 1. The van der Waals surface area contributed by atoms with E-state index in [1.807, 2.05) is 0 Å². The van der Waals surface area contributed by atoms with Crippen LogP contribution in [-0.2, 0) is 23.9 Å². The number of methoxy groups -OCH3 is 1. The summed E-state index contributed by atoms with van der Waals surface area (Å²) in [5.41, 5.74) is -1.19. The van der Waals surface area contributed by atoms with Crippen LogP contribution in [0.1, 0.15) is 38.7 Å². The Hall–Kier alpha value is -2.41. The molecule has 0 spiro atoms. The summed E-state index contributed by atoms with van der Waals surface area (Å²) in [7, 11) is 1.46. The Balaban J connectivity index is 2.67. The molecule has 1 aromatic rings. The van der Waals surface area contributed by atoms with Gasteiger partial charge in [0.2, 0.25) is 0 Å². The van der Waals surface area contributed by atoms with Crippen LogP contribution in [0, 0.1) is 11.8 Å². The van der Waals surface area contributed by atoms with Crippen LogP contribution in [0.4, 0.5) is 0 Å². The highest BCUT2D eigenvalue weighted by Gasteiger charge is 2.57. The Morgan fingerprint density at radius 2 is 1.74 bits per heavy atom. The molecule has 0 radical (unpaired) electrons. The van der Waals surface area contributed by atoms with Gasteiger partial charge < -0.3 is 19.3 Å². The van der Waals surface area contributed by atoms with Crippen molar-refractivity contribution in [3.8, 4) is 5.75 Å². The number of hydrogen-bond acceptors (Lipinski definition) is 7. The first-order valence-electron chi connectivity index (χ1n) is 8.99. The van der Waals surface area contributed by atoms with Crippen LogP contribution in [-0.4, -0.2) is 48.8 Å². The van der Waals surface area contributed by atoms with Gasteiger partial charge in [0.05, 0.1) is 31.8 Å². The third kappa shape index (κ3) is 4.13. The summed E-state index contributed by atoms with van der Waals surface area (Å²) in [5, 5.41) is 10.9. The van der Waals surface area contributed by atoms with E-state index in [9.17, 15) is 19.5 Å². The molecule has 27 heavy (non-hydrogen) atoms. The Bertz CT molecular complexity index is 710. The second-order valence-electron chi connectivity index (χ2n) is 6.73. The molecule has 1 aliphatic rings. The van der Waals surface area contributed by atoms with Gasteiger partial charge in [-0.05, 0) is 32.4 Å². The van der Waals surface area contributed by atoms with E-state index in [0.717, 1.165) is 0 Å². The summed E-state index contributed by atoms with van der Waals surface area (Å²) in [6.07, 6.45) is -0.342. The van der Waals surface area contributed by atoms with Crippen molar-refractivity contribution in [2.75, 3.05) is 20.3 Å². The Kier molecular flexibility index (Phi) is 6.59. The zero-order chi connectivity index (χ0) is 20.2. The van der Waals surface area contributed by atoms with Crippen molar-refractivity contribution < 1.29 is 33.7 Å². The predicted octanol–water partition coefficient (Wildman–Crippen LogP) is 1.86. The maximum absolute atomic E-state index is 12.8. The van der Waals surface area contributed by atoms with Gasteiger partial charge in [0.15, 0.2) is 5.78 Å². The summed E-state index contributed by atoms with van der Waals surface area (Å²) < 4.78 is 15.6. The highest BCUT2D eigenvalue weighted by molar-refractivity contribution is 6.03. The fraction of sp³-hybridized carbons (Fsp3) is 0.550. The first-order valence-corrected chi connectivity index (χ1v) is 8.99. The van der Waals surface area contributed by atoms with Crippen molar-refractivity contribution in [3.63, 3.8) is 0 Å². The minimum atomic E-state index is -1.67. The Morgan fingerprint density at radius 3 is 2.33 bits per heavy atom. The fourth-order valence-electron chi connectivity index (χ4n) is 3.80. The highest BCUT2D eigenvalue weighted by Crippen LogP contribution is 2.48. The van der Waals surface area contributed by atoms with E-state index in [1.165, 1.54) is 14.0 Å². The SMILES string of the molecule is CCOC(=O)[C@@H]1C(=O)C[C@@](C)(O)[C@H](C(=O)OCC)[C@H]1c1ccccc1OC. The van der Waals surface area contributed by atoms with Gasteiger partial charge in [0.1, 0.15) is 11.7 Å². The van der Waals surface area contributed by atoms with Crippen LogP contribution >= 0.6 is 0 Å². The van der Waals surface area contributed by atoms with Gasteiger partial charge in [0.25, 0.3) is 0 Å². The zero-order valence-corrected chi connectivity index (χ0v) is 16.1. The zero-order valence-electron chi connectivity index (χ0n) is 16.1. The van der Waals surface area contributed by atoms with E-state index in [4.69, 9.17) is 14.2 Å². The van der Waals surface area contributed by atoms with Crippen LogP contribution in [0.25, 0.3) is 0 Å². The molecule has 4 atom stereocenters. The standard InChI is InChI=1S/C20H26O7/c1-5-26-18(22)16-13(21)11-20(3,24)17(19(23)27-6-2)15(16)12-9-7-8-10-14(12)25-4/h7-10,15-17,24H,5-6,11H2,1-4H3/t15-,16+,17-,20+/m0/s1. The number of ketones is 1. The van der Waals surface area contributed by atoms with Crippen LogP contribution < -0.4 is 4.74 Å². The van der Waals surface area contributed by atoms with Crippen molar-refractivity contribution in [2.24, 2.45) is 11.8 Å². The quantitative estimate of drug-likeness (QED) is 0.596. The summed E-state index contributed by atoms with van der Waals surface area (Å²) in [5.74, 6) is -4.76. The largest absolute Gasteiger partial charge is 0.496 e. The van der Waals surface area contributed by atoms with Crippen molar-refractivity contribution in [1.82, 2.24) is 0 Å². The fourth-order valence-corrected chi connectivity index (χ4v) is 3.80. The molecule has 7 nitrogen and oxygen atoms in total. The first kappa shape index (κ1) is 20.9. The summed E-state index contributed by atoms with van der Waals surface area (Å²) in [6.45, 7) is 4.92. The average Bonchev–Trinajstić information content (AvgIpc) is 2.60. The number of carbonyl (C=O) groups is 3.